The summed E-state index contributed by atoms with van der Waals surface area (Å²) in [5, 5.41) is 11.7. The van der Waals surface area contributed by atoms with E-state index >= 15 is 0 Å². The predicted octanol–water partition coefficient (Wildman–Crippen LogP) is 4.22. The van der Waals surface area contributed by atoms with Crippen molar-refractivity contribution in [2.75, 3.05) is 24.6 Å². The summed E-state index contributed by atoms with van der Waals surface area (Å²) < 4.78 is 29.9. The van der Waals surface area contributed by atoms with Crippen molar-refractivity contribution >= 4 is 33.6 Å². The van der Waals surface area contributed by atoms with E-state index in [4.69, 9.17) is 14.2 Å². The number of aromatic nitrogens is 2. The van der Waals surface area contributed by atoms with E-state index in [-0.39, 0.29) is 30.2 Å². The molecule has 1 aliphatic rings. The molecule has 12 heteroatoms. The molecule has 1 aliphatic heterocycles. The van der Waals surface area contributed by atoms with Crippen molar-refractivity contribution in [2.45, 2.75) is 25.9 Å². The lowest BCUT2D eigenvalue weighted by atomic mass is 10.1. The van der Waals surface area contributed by atoms with E-state index in [2.05, 4.69) is 25.9 Å². The first-order valence-corrected chi connectivity index (χ1v) is 9.89. The first-order chi connectivity index (χ1) is 14.4. The Bertz CT molecular complexity index is 939. The van der Waals surface area contributed by atoms with Crippen molar-refractivity contribution in [1.29, 1.82) is 0 Å². The largest absolute Gasteiger partial charge is 0.508 e. The zero-order valence-corrected chi connectivity index (χ0v) is 17.5. The SMILES string of the molecule is CCOC(=O)OC1CCN(c2ncnc(Oc3ccc(Br)cc3F)c2[N+](=O)[O-])CC1. The average molecular weight is 485 g/mol. The van der Waals surface area contributed by atoms with Gasteiger partial charge in [0.1, 0.15) is 12.4 Å². The molecule has 30 heavy (non-hydrogen) atoms. The Kier molecular flexibility index (Phi) is 6.98. The van der Waals surface area contributed by atoms with Gasteiger partial charge in [-0.25, -0.2) is 14.2 Å². The lowest BCUT2D eigenvalue weighted by molar-refractivity contribution is -0.385. The van der Waals surface area contributed by atoms with Gasteiger partial charge in [-0.1, -0.05) is 15.9 Å². The topological polar surface area (TPSA) is 117 Å². The molecule has 0 spiro atoms. The number of anilines is 1. The average Bonchev–Trinajstić information content (AvgIpc) is 2.70. The van der Waals surface area contributed by atoms with Gasteiger partial charge < -0.3 is 19.1 Å². The number of nitro groups is 1. The Morgan fingerprint density at radius 3 is 2.73 bits per heavy atom. The van der Waals surface area contributed by atoms with Gasteiger partial charge in [0, 0.05) is 30.4 Å². The van der Waals surface area contributed by atoms with Crippen LogP contribution >= 0.6 is 15.9 Å². The third-order valence-corrected chi connectivity index (χ3v) is 4.81. The lowest BCUT2D eigenvalue weighted by Crippen LogP contribution is -2.38. The Hall–Kier alpha value is -3.02. The molecule has 0 amide bonds. The number of ether oxygens (including phenoxy) is 3. The summed E-state index contributed by atoms with van der Waals surface area (Å²) >= 11 is 3.14. The zero-order chi connectivity index (χ0) is 21.7. The molecule has 160 valence electrons. The van der Waals surface area contributed by atoms with Crippen LogP contribution < -0.4 is 9.64 Å². The summed E-state index contributed by atoms with van der Waals surface area (Å²) in [7, 11) is 0. The number of rotatable bonds is 6. The molecule has 2 heterocycles. The van der Waals surface area contributed by atoms with Gasteiger partial charge in [-0.3, -0.25) is 10.1 Å². The molecule has 0 atom stereocenters. The first-order valence-electron chi connectivity index (χ1n) is 9.09. The van der Waals surface area contributed by atoms with Gasteiger partial charge in [-0.05, 0) is 25.1 Å². The molecule has 10 nitrogen and oxygen atoms in total. The molecule has 1 aromatic heterocycles. The van der Waals surface area contributed by atoms with Gasteiger partial charge in [0.15, 0.2) is 11.6 Å². The predicted molar refractivity (Wildman–Crippen MR) is 106 cm³/mol. The van der Waals surface area contributed by atoms with Gasteiger partial charge in [0.2, 0.25) is 5.82 Å². The van der Waals surface area contributed by atoms with Crippen molar-refractivity contribution in [2.24, 2.45) is 0 Å². The molecule has 3 rings (SSSR count). The summed E-state index contributed by atoms with van der Waals surface area (Å²) in [5.41, 5.74) is -0.468. The van der Waals surface area contributed by atoms with Gasteiger partial charge in [0.25, 0.3) is 0 Å². The Morgan fingerprint density at radius 1 is 1.37 bits per heavy atom. The van der Waals surface area contributed by atoms with Crippen LogP contribution in [0.15, 0.2) is 29.0 Å². The zero-order valence-electron chi connectivity index (χ0n) is 15.9. The third-order valence-electron chi connectivity index (χ3n) is 4.32. The van der Waals surface area contributed by atoms with Crippen LogP contribution in [0.5, 0.6) is 11.6 Å². The highest BCUT2D eigenvalue weighted by Gasteiger charge is 2.32. The maximum Gasteiger partial charge on any atom is 0.508 e. The minimum Gasteiger partial charge on any atom is -0.435 e. The van der Waals surface area contributed by atoms with Gasteiger partial charge in [-0.2, -0.15) is 4.98 Å². The Labute approximate surface area is 179 Å². The van der Waals surface area contributed by atoms with Crippen molar-refractivity contribution < 1.29 is 28.3 Å². The normalized spacial score (nSPS) is 14.3. The van der Waals surface area contributed by atoms with Crippen LogP contribution in [-0.4, -0.2) is 46.8 Å². The van der Waals surface area contributed by atoms with Crippen LogP contribution in [0.1, 0.15) is 19.8 Å². The monoisotopic (exact) mass is 484 g/mol. The highest BCUT2D eigenvalue weighted by molar-refractivity contribution is 9.10. The quantitative estimate of drug-likeness (QED) is 0.337. The summed E-state index contributed by atoms with van der Waals surface area (Å²) in [5.74, 6) is -1.21. The maximum absolute atomic E-state index is 14.1. The van der Waals surface area contributed by atoms with Crippen LogP contribution in [-0.2, 0) is 9.47 Å². The van der Waals surface area contributed by atoms with E-state index in [0.717, 1.165) is 6.33 Å². The number of piperidine rings is 1. The fraction of sp³-hybridized carbons (Fsp3) is 0.389. The third kappa shape index (κ3) is 5.12. The summed E-state index contributed by atoms with van der Waals surface area (Å²) in [4.78, 5) is 32.1. The number of carbonyl (C=O) groups excluding carboxylic acids is 1. The van der Waals surface area contributed by atoms with E-state index in [1.165, 1.54) is 12.1 Å². The fourth-order valence-electron chi connectivity index (χ4n) is 2.96. The number of carbonyl (C=O) groups is 1. The van der Waals surface area contributed by atoms with Crippen molar-refractivity contribution in [3.05, 3.63) is 44.9 Å². The van der Waals surface area contributed by atoms with Crippen LogP contribution in [0, 0.1) is 15.9 Å². The standard InChI is InChI=1S/C18H18BrFN4O6/c1-2-28-18(25)29-12-5-7-23(8-6-12)16-15(24(26)27)17(22-10-21-16)30-14-4-3-11(19)9-13(14)20/h3-4,9-10,12H,2,5-8H2,1H3. The molecule has 0 radical (unpaired) electrons. The van der Waals surface area contributed by atoms with E-state index in [9.17, 15) is 19.3 Å². The van der Waals surface area contributed by atoms with Crippen LogP contribution in [0.3, 0.4) is 0 Å². The molecule has 1 aromatic carbocycles. The number of hydrogen-bond acceptors (Lipinski definition) is 9. The van der Waals surface area contributed by atoms with Crippen molar-refractivity contribution in [3.8, 4) is 11.6 Å². The van der Waals surface area contributed by atoms with Crippen molar-refractivity contribution in [1.82, 2.24) is 9.97 Å². The molecule has 0 N–H and O–H groups in total. The van der Waals surface area contributed by atoms with Gasteiger partial charge >= 0.3 is 17.7 Å². The fourth-order valence-corrected chi connectivity index (χ4v) is 3.29. The number of benzene rings is 1. The lowest BCUT2D eigenvalue weighted by Gasteiger charge is -2.31. The number of hydrogen-bond donors (Lipinski definition) is 0. The molecule has 0 aliphatic carbocycles. The summed E-state index contributed by atoms with van der Waals surface area (Å²) in [6.45, 7) is 2.60. The van der Waals surface area contributed by atoms with Crippen LogP contribution in [0.2, 0.25) is 0 Å². The molecule has 0 saturated carbocycles. The summed E-state index contributed by atoms with van der Waals surface area (Å²) in [6.07, 6.45) is 0.912. The molecule has 1 saturated heterocycles. The maximum atomic E-state index is 14.1. The minimum atomic E-state index is -0.740. The first kappa shape index (κ1) is 21.7. The van der Waals surface area contributed by atoms with Gasteiger partial charge in [0.05, 0.1) is 11.5 Å². The Balaban J connectivity index is 1.78. The molecular weight excluding hydrogens is 467 g/mol. The summed E-state index contributed by atoms with van der Waals surface area (Å²) in [6, 6.07) is 4.06. The van der Waals surface area contributed by atoms with E-state index in [1.54, 1.807) is 17.9 Å². The molecular formula is C18H18BrFN4O6. The molecule has 0 bridgehead atoms. The molecule has 0 unspecified atom stereocenters. The van der Waals surface area contributed by atoms with E-state index in [0.29, 0.717) is 30.4 Å². The number of halogens is 2. The number of nitrogens with zero attached hydrogens (tertiary/aromatic N) is 4. The second-order valence-corrected chi connectivity index (χ2v) is 7.19. The second kappa shape index (κ2) is 9.65. The minimum absolute atomic E-state index is 0.0529. The molecule has 2 aromatic rings. The van der Waals surface area contributed by atoms with E-state index < -0.39 is 22.6 Å². The highest BCUT2D eigenvalue weighted by Crippen LogP contribution is 2.38. The second-order valence-electron chi connectivity index (χ2n) is 6.27. The smallest absolute Gasteiger partial charge is 0.435 e. The van der Waals surface area contributed by atoms with Crippen molar-refractivity contribution in [3.63, 3.8) is 0 Å². The molecule has 1 fully saturated rings. The van der Waals surface area contributed by atoms with Gasteiger partial charge in [-0.15, -0.1) is 0 Å². The Morgan fingerprint density at radius 2 is 2.10 bits per heavy atom. The van der Waals surface area contributed by atoms with E-state index in [1.807, 2.05) is 0 Å². The highest BCUT2D eigenvalue weighted by atomic mass is 79.9. The van der Waals surface area contributed by atoms with Crippen LogP contribution in [0.4, 0.5) is 20.7 Å². The van der Waals surface area contributed by atoms with Crippen LogP contribution in [0.25, 0.3) is 0 Å².